The zero-order valence-electron chi connectivity index (χ0n) is 15.3. The van der Waals surface area contributed by atoms with Crippen LogP contribution < -0.4 is 4.90 Å². The highest BCUT2D eigenvalue weighted by molar-refractivity contribution is 6.34. The van der Waals surface area contributed by atoms with Crippen molar-refractivity contribution < 1.29 is 19.1 Å². The van der Waals surface area contributed by atoms with E-state index in [-0.39, 0.29) is 10.8 Å². The fourth-order valence-corrected chi connectivity index (χ4v) is 2.24. The Morgan fingerprint density at radius 3 is 2.46 bits per heavy atom. The Labute approximate surface area is 156 Å². The maximum atomic E-state index is 12.6. The van der Waals surface area contributed by atoms with Crippen LogP contribution in [0.1, 0.15) is 34.6 Å². The third kappa shape index (κ3) is 4.72. The second-order valence-corrected chi connectivity index (χ2v) is 7.05. The van der Waals surface area contributed by atoms with Crippen molar-refractivity contribution in [1.29, 1.82) is 0 Å². The van der Waals surface area contributed by atoms with Gasteiger partial charge in [-0.2, -0.15) is 10.00 Å². The summed E-state index contributed by atoms with van der Waals surface area (Å²) in [6.45, 7) is 8.42. The van der Waals surface area contributed by atoms with Crippen LogP contribution in [0.4, 0.5) is 15.3 Å². The SMILES string of the molecule is CC(C)OC(=O)N(C(=O)OC(C)(C)C)c1cnn(-c2cccnc2)c1Cl. The molecule has 9 heteroatoms. The Balaban J connectivity index is 2.44. The molecule has 26 heavy (non-hydrogen) atoms. The standard InChI is InChI=1S/C17H21ClN4O4/c1-11(2)25-15(23)21(16(24)26-17(3,4)5)13-10-20-22(14(13)18)12-7-6-8-19-9-12/h6-11H,1-5H3. The van der Waals surface area contributed by atoms with Crippen molar-refractivity contribution in [3.63, 3.8) is 0 Å². The minimum Gasteiger partial charge on any atom is -0.446 e. The number of hydrogen-bond donors (Lipinski definition) is 0. The molecule has 2 aromatic rings. The van der Waals surface area contributed by atoms with Crippen molar-refractivity contribution in [2.24, 2.45) is 0 Å². The molecule has 0 aliphatic rings. The molecule has 0 spiro atoms. The van der Waals surface area contributed by atoms with E-state index >= 15 is 0 Å². The van der Waals surface area contributed by atoms with E-state index in [1.807, 2.05) is 0 Å². The van der Waals surface area contributed by atoms with Crippen molar-refractivity contribution in [2.75, 3.05) is 4.90 Å². The summed E-state index contributed by atoms with van der Waals surface area (Å²) in [7, 11) is 0. The molecule has 2 rings (SSSR count). The van der Waals surface area contributed by atoms with Gasteiger partial charge in [0.2, 0.25) is 0 Å². The number of amides is 2. The highest BCUT2D eigenvalue weighted by Gasteiger charge is 2.34. The quantitative estimate of drug-likeness (QED) is 0.792. The number of pyridine rings is 1. The number of halogens is 1. The molecule has 0 bridgehead atoms. The van der Waals surface area contributed by atoms with E-state index < -0.39 is 23.9 Å². The van der Waals surface area contributed by atoms with E-state index in [4.69, 9.17) is 21.1 Å². The highest BCUT2D eigenvalue weighted by atomic mass is 35.5. The molecule has 0 saturated heterocycles. The molecule has 0 radical (unpaired) electrons. The average molecular weight is 381 g/mol. The number of hydrogen-bond acceptors (Lipinski definition) is 6. The third-order valence-electron chi connectivity index (χ3n) is 2.92. The molecule has 0 aromatic carbocycles. The first kappa shape index (κ1) is 19.7. The summed E-state index contributed by atoms with van der Waals surface area (Å²) in [5, 5.41) is 4.18. The van der Waals surface area contributed by atoms with Crippen molar-refractivity contribution in [3.8, 4) is 5.69 Å². The van der Waals surface area contributed by atoms with Gasteiger partial charge in [0.05, 0.1) is 24.2 Å². The van der Waals surface area contributed by atoms with Crippen LogP contribution in [0.5, 0.6) is 0 Å². The van der Waals surface area contributed by atoms with Gasteiger partial charge in [0.1, 0.15) is 11.3 Å². The summed E-state index contributed by atoms with van der Waals surface area (Å²) in [4.78, 5) is 29.8. The number of imide groups is 1. The van der Waals surface area contributed by atoms with Crippen LogP contribution in [0, 0.1) is 0 Å². The number of anilines is 1. The summed E-state index contributed by atoms with van der Waals surface area (Å²) in [5.41, 5.74) is -0.181. The summed E-state index contributed by atoms with van der Waals surface area (Å²) >= 11 is 6.37. The zero-order chi connectivity index (χ0) is 19.5. The van der Waals surface area contributed by atoms with Crippen LogP contribution in [0.25, 0.3) is 5.69 Å². The summed E-state index contributed by atoms with van der Waals surface area (Å²) < 4.78 is 11.8. The monoisotopic (exact) mass is 380 g/mol. The van der Waals surface area contributed by atoms with Crippen molar-refractivity contribution in [1.82, 2.24) is 14.8 Å². The number of rotatable bonds is 3. The Morgan fingerprint density at radius 1 is 1.23 bits per heavy atom. The first-order chi connectivity index (χ1) is 12.1. The van der Waals surface area contributed by atoms with Crippen LogP contribution in [-0.2, 0) is 9.47 Å². The van der Waals surface area contributed by atoms with Crippen LogP contribution in [0.2, 0.25) is 5.15 Å². The van der Waals surface area contributed by atoms with Gasteiger partial charge in [-0.1, -0.05) is 11.6 Å². The van der Waals surface area contributed by atoms with Crippen molar-refractivity contribution >= 4 is 29.5 Å². The van der Waals surface area contributed by atoms with Gasteiger partial charge in [-0.05, 0) is 46.8 Å². The fraction of sp³-hybridized carbons (Fsp3) is 0.412. The summed E-state index contributed by atoms with van der Waals surface area (Å²) in [6.07, 6.45) is 2.21. The zero-order valence-corrected chi connectivity index (χ0v) is 16.0. The van der Waals surface area contributed by atoms with E-state index in [9.17, 15) is 9.59 Å². The largest absolute Gasteiger partial charge is 0.446 e. The smallest absolute Gasteiger partial charge is 0.424 e. The first-order valence-corrected chi connectivity index (χ1v) is 8.35. The molecule has 0 unspecified atom stereocenters. The lowest BCUT2D eigenvalue weighted by atomic mass is 10.2. The Kier molecular flexibility index (Phi) is 5.86. The highest BCUT2D eigenvalue weighted by Crippen LogP contribution is 2.30. The maximum Gasteiger partial charge on any atom is 0.424 e. The van der Waals surface area contributed by atoms with Gasteiger partial charge in [0.15, 0.2) is 5.15 Å². The minimum atomic E-state index is -0.907. The minimum absolute atomic E-state index is 0.0459. The molecule has 0 saturated carbocycles. The molecular formula is C17H21ClN4O4. The topological polar surface area (TPSA) is 86.5 Å². The first-order valence-electron chi connectivity index (χ1n) is 7.98. The molecular weight excluding hydrogens is 360 g/mol. The molecule has 0 aliphatic heterocycles. The van der Waals surface area contributed by atoms with Gasteiger partial charge in [0, 0.05) is 6.20 Å². The molecule has 2 heterocycles. The lowest BCUT2D eigenvalue weighted by Gasteiger charge is -2.25. The van der Waals surface area contributed by atoms with Crippen molar-refractivity contribution in [3.05, 3.63) is 35.9 Å². The van der Waals surface area contributed by atoms with Gasteiger partial charge in [0.25, 0.3) is 0 Å². The molecule has 0 N–H and O–H groups in total. The predicted octanol–water partition coefficient (Wildman–Crippen LogP) is 4.21. The van der Waals surface area contributed by atoms with E-state index in [0.29, 0.717) is 5.69 Å². The third-order valence-corrected chi connectivity index (χ3v) is 3.27. The Bertz CT molecular complexity index is 784. The summed E-state index contributed by atoms with van der Waals surface area (Å²) in [5.74, 6) is 0. The average Bonchev–Trinajstić information content (AvgIpc) is 2.87. The van der Waals surface area contributed by atoms with E-state index in [0.717, 1.165) is 4.90 Å². The molecule has 2 amide bonds. The van der Waals surface area contributed by atoms with Gasteiger partial charge < -0.3 is 9.47 Å². The van der Waals surface area contributed by atoms with Gasteiger partial charge in [-0.25, -0.2) is 14.3 Å². The number of ether oxygens (including phenoxy) is 2. The molecule has 2 aromatic heterocycles. The molecule has 0 aliphatic carbocycles. The van der Waals surface area contributed by atoms with Crippen LogP contribution in [0.15, 0.2) is 30.7 Å². The van der Waals surface area contributed by atoms with Crippen LogP contribution in [0.3, 0.4) is 0 Å². The lowest BCUT2D eigenvalue weighted by molar-refractivity contribution is 0.0554. The number of carbonyl (C=O) groups is 2. The van der Waals surface area contributed by atoms with Gasteiger partial charge in [-0.15, -0.1) is 0 Å². The molecule has 8 nitrogen and oxygen atoms in total. The van der Waals surface area contributed by atoms with E-state index in [1.54, 1.807) is 59.1 Å². The van der Waals surface area contributed by atoms with Gasteiger partial charge >= 0.3 is 12.2 Å². The Morgan fingerprint density at radius 2 is 1.92 bits per heavy atom. The Hall–Kier alpha value is -2.61. The second kappa shape index (κ2) is 7.74. The molecule has 0 atom stereocenters. The van der Waals surface area contributed by atoms with Crippen LogP contribution in [-0.4, -0.2) is 38.7 Å². The number of nitrogens with zero attached hydrogens (tertiary/aromatic N) is 4. The maximum absolute atomic E-state index is 12.6. The van der Waals surface area contributed by atoms with Crippen LogP contribution >= 0.6 is 11.6 Å². The lowest BCUT2D eigenvalue weighted by Crippen LogP contribution is -2.42. The molecule has 0 fully saturated rings. The fourth-order valence-electron chi connectivity index (χ4n) is 1.97. The van der Waals surface area contributed by atoms with Crippen molar-refractivity contribution in [2.45, 2.75) is 46.3 Å². The second-order valence-electron chi connectivity index (χ2n) is 6.69. The number of carbonyl (C=O) groups excluding carboxylic acids is 2. The van der Waals surface area contributed by atoms with E-state index in [2.05, 4.69) is 10.1 Å². The van der Waals surface area contributed by atoms with Gasteiger partial charge in [-0.3, -0.25) is 4.98 Å². The summed E-state index contributed by atoms with van der Waals surface area (Å²) in [6, 6.07) is 3.45. The normalized spacial score (nSPS) is 11.3. The predicted molar refractivity (Wildman–Crippen MR) is 96.7 cm³/mol. The van der Waals surface area contributed by atoms with E-state index in [1.165, 1.54) is 10.9 Å². The number of aromatic nitrogens is 3. The molecule has 140 valence electrons.